The molecule has 0 amide bonds. The third kappa shape index (κ3) is 3.14. The summed E-state index contributed by atoms with van der Waals surface area (Å²) >= 11 is 0. The smallest absolute Gasteiger partial charge is 0.305 e. The maximum absolute atomic E-state index is 10.9. The molecule has 3 heteroatoms. The minimum atomic E-state index is -0.166. The summed E-state index contributed by atoms with van der Waals surface area (Å²) in [4.78, 5) is 10.9. The standard InChI is InChI=1S/C11H18O3/c1-14-11(13)7-6-9-4-2-3-5-10(9)8-12/h2,4,9-10,12H,3,5-8H2,1H3/t9-,10+/m0/s1. The molecule has 80 valence electrons. The van der Waals surface area contributed by atoms with Crippen molar-refractivity contribution in [3.05, 3.63) is 12.2 Å². The molecule has 0 aliphatic heterocycles. The normalized spacial score (nSPS) is 26.1. The zero-order valence-electron chi connectivity index (χ0n) is 8.61. The third-order valence-corrected chi connectivity index (χ3v) is 2.84. The lowest BCUT2D eigenvalue weighted by Crippen LogP contribution is -2.20. The number of carbonyl (C=O) groups is 1. The summed E-state index contributed by atoms with van der Waals surface area (Å²) in [5, 5.41) is 9.13. The van der Waals surface area contributed by atoms with Crippen LogP contribution in [0.25, 0.3) is 0 Å². The van der Waals surface area contributed by atoms with E-state index >= 15 is 0 Å². The fourth-order valence-corrected chi connectivity index (χ4v) is 1.90. The molecular weight excluding hydrogens is 180 g/mol. The summed E-state index contributed by atoms with van der Waals surface area (Å²) in [7, 11) is 1.41. The van der Waals surface area contributed by atoms with Gasteiger partial charge in [-0.25, -0.2) is 0 Å². The van der Waals surface area contributed by atoms with Gasteiger partial charge in [0.1, 0.15) is 0 Å². The second-order valence-electron chi connectivity index (χ2n) is 3.73. The fraction of sp³-hybridized carbons (Fsp3) is 0.727. The van der Waals surface area contributed by atoms with Crippen molar-refractivity contribution in [3.63, 3.8) is 0 Å². The first-order valence-corrected chi connectivity index (χ1v) is 5.12. The molecule has 0 bridgehead atoms. The molecule has 0 unspecified atom stereocenters. The molecule has 1 rings (SSSR count). The predicted molar refractivity (Wildman–Crippen MR) is 53.7 cm³/mol. The second kappa shape index (κ2) is 5.81. The van der Waals surface area contributed by atoms with Crippen LogP contribution in [0.4, 0.5) is 0 Å². The Morgan fingerprint density at radius 1 is 1.64 bits per heavy atom. The molecule has 0 aromatic carbocycles. The van der Waals surface area contributed by atoms with Gasteiger partial charge in [0, 0.05) is 13.0 Å². The summed E-state index contributed by atoms with van der Waals surface area (Å²) in [5.74, 6) is 0.498. The molecular formula is C11H18O3. The SMILES string of the molecule is COC(=O)CC[C@@H]1C=CCC[C@@H]1CO. The second-order valence-corrected chi connectivity index (χ2v) is 3.73. The van der Waals surface area contributed by atoms with Crippen LogP contribution in [0.2, 0.25) is 0 Å². The van der Waals surface area contributed by atoms with E-state index < -0.39 is 0 Å². The molecule has 0 heterocycles. The highest BCUT2D eigenvalue weighted by molar-refractivity contribution is 5.69. The molecule has 0 saturated heterocycles. The van der Waals surface area contributed by atoms with E-state index in [2.05, 4.69) is 16.9 Å². The number of hydrogen-bond donors (Lipinski definition) is 1. The molecule has 1 aliphatic carbocycles. The van der Waals surface area contributed by atoms with E-state index in [4.69, 9.17) is 5.11 Å². The summed E-state index contributed by atoms with van der Waals surface area (Å²) in [6.45, 7) is 0.218. The Labute approximate surface area is 84.8 Å². The number of aliphatic hydroxyl groups is 1. The van der Waals surface area contributed by atoms with Gasteiger partial charge in [0.2, 0.25) is 0 Å². The van der Waals surface area contributed by atoms with Gasteiger partial charge in [-0.1, -0.05) is 12.2 Å². The Morgan fingerprint density at radius 2 is 2.43 bits per heavy atom. The van der Waals surface area contributed by atoms with Crippen molar-refractivity contribution in [2.45, 2.75) is 25.7 Å². The molecule has 3 nitrogen and oxygen atoms in total. The Bertz CT molecular complexity index is 211. The Morgan fingerprint density at radius 3 is 3.07 bits per heavy atom. The average Bonchev–Trinajstić information content (AvgIpc) is 2.26. The van der Waals surface area contributed by atoms with Crippen LogP contribution in [0, 0.1) is 11.8 Å². The fourth-order valence-electron chi connectivity index (χ4n) is 1.90. The number of hydrogen-bond acceptors (Lipinski definition) is 3. The van der Waals surface area contributed by atoms with E-state index in [1.54, 1.807) is 0 Å². The third-order valence-electron chi connectivity index (χ3n) is 2.84. The minimum absolute atomic E-state index is 0.166. The summed E-state index contributed by atoms with van der Waals surface area (Å²) in [5.41, 5.74) is 0. The quantitative estimate of drug-likeness (QED) is 0.550. The van der Waals surface area contributed by atoms with Gasteiger partial charge in [0.05, 0.1) is 7.11 Å². The highest BCUT2D eigenvalue weighted by atomic mass is 16.5. The van der Waals surface area contributed by atoms with E-state index in [0.717, 1.165) is 19.3 Å². The van der Waals surface area contributed by atoms with Crippen LogP contribution in [-0.4, -0.2) is 24.8 Å². The average molecular weight is 198 g/mol. The predicted octanol–water partition coefficient (Wildman–Crippen LogP) is 1.51. The van der Waals surface area contributed by atoms with Crippen molar-refractivity contribution in [2.75, 3.05) is 13.7 Å². The number of methoxy groups -OCH3 is 1. The molecule has 0 radical (unpaired) electrons. The number of rotatable bonds is 4. The molecule has 0 saturated carbocycles. The van der Waals surface area contributed by atoms with Gasteiger partial charge in [0.25, 0.3) is 0 Å². The zero-order chi connectivity index (χ0) is 10.4. The zero-order valence-corrected chi connectivity index (χ0v) is 8.61. The first-order valence-electron chi connectivity index (χ1n) is 5.12. The Kier molecular flexibility index (Phi) is 4.66. The van der Waals surface area contributed by atoms with Gasteiger partial charge in [-0.3, -0.25) is 4.79 Å². The topological polar surface area (TPSA) is 46.5 Å². The van der Waals surface area contributed by atoms with Gasteiger partial charge in [-0.15, -0.1) is 0 Å². The molecule has 1 N–H and O–H groups in total. The number of carbonyl (C=O) groups excluding carboxylic acids is 1. The Balaban J connectivity index is 2.37. The van der Waals surface area contributed by atoms with Crippen LogP contribution in [0.15, 0.2) is 12.2 Å². The molecule has 2 atom stereocenters. The van der Waals surface area contributed by atoms with Gasteiger partial charge in [-0.2, -0.15) is 0 Å². The summed E-state index contributed by atoms with van der Waals surface area (Å²) < 4.78 is 4.58. The van der Waals surface area contributed by atoms with Crippen molar-refractivity contribution >= 4 is 5.97 Å². The van der Waals surface area contributed by atoms with E-state index in [1.165, 1.54) is 7.11 Å². The summed E-state index contributed by atoms with van der Waals surface area (Å²) in [6, 6.07) is 0. The van der Waals surface area contributed by atoms with Crippen molar-refractivity contribution in [3.8, 4) is 0 Å². The van der Waals surface area contributed by atoms with Gasteiger partial charge >= 0.3 is 5.97 Å². The number of esters is 1. The largest absolute Gasteiger partial charge is 0.469 e. The van der Waals surface area contributed by atoms with Crippen molar-refractivity contribution in [1.82, 2.24) is 0 Å². The molecule has 0 spiro atoms. The molecule has 14 heavy (non-hydrogen) atoms. The van der Waals surface area contributed by atoms with Crippen molar-refractivity contribution in [2.24, 2.45) is 11.8 Å². The number of aliphatic hydroxyl groups excluding tert-OH is 1. The molecule has 0 aromatic heterocycles. The molecule has 0 fully saturated rings. The lowest BCUT2D eigenvalue weighted by molar-refractivity contribution is -0.141. The highest BCUT2D eigenvalue weighted by Gasteiger charge is 2.21. The van der Waals surface area contributed by atoms with Crippen LogP contribution >= 0.6 is 0 Å². The number of allylic oxidation sites excluding steroid dienone is 2. The first-order chi connectivity index (χ1) is 6.77. The van der Waals surface area contributed by atoms with Crippen LogP contribution in [0.5, 0.6) is 0 Å². The monoisotopic (exact) mass is 198 g/mol. The van der Waals surface area contributed by atoms with E-state index in [1.807, 2.05) is 0 Å². The summed E-state index contributed by atoms with van der Waals surface area (Å²) in [6.07, 6.45) is 7.55. The van der Waals surface area contributed by atoms with E-state index in [0.29, 0.717) is 18.3 Å². The van der Waals surface area contributed by atoms with Gasteiger partial charge in [-0.05, 0) is 31.1 Å². The highest BCUT2D eigenvalue weighted by Crippen LogP contribution is 2.27. The van der Waals surface area contributed by atoms with Crippen LogP contribution < -0.4 is 0 Å². The van der Waals surface area contributed by atoms with E-state index in [-0.39, 0.29) is 12.6 Å². The minimum Gasteiger partial charge on any atom is -0.469 e. The van der Waals surface area contributed by atoms with Gasteiger partial charge in [0.15, 0.2) is 0 Å². The van der Waals surface area contributed by atoms with Gasteiger partial charge < -0.3 is 9.84 Å². The maximum Gasteiger partial charge on any atom is 0.305 e. The lowest BCUT2D eigenvalue weighted by atomic mass is 9.82. The number of ether oxygens (including phenoxy) is 1. The van der Waals surface area contributed by atoms with Crippen LogP contribution in [0.1, 0.15) is 25.7 Å². The molecule has 0 aromatic rings. The Hall–Kier alpha value is -0.830. The van der Waals surface area contributed by atoms with Crippen molar-refractivity contribution in [1.29, 1.82) is 0 Å². The van der Waals surface area contributed by atoms with Crippen molar-refractivity contribution < 1.29 is 14.6 Å². The van der Waals surface area contributed by atoms with Crippen LogP contribution in [0.3, 0.4) is 0 Å². The van der Waals surface area contributed by atoms with Crippen LogP contribution in [-0.2, 0) is 9.53 Å². The van der Waals surface area contributed by atoms with E-state index in [9.17, 15) is 4.79 Å². The first kappa shape index (κ1) is 11.2. The lowest BCUT2D eigenvalue weighted by Gasteiger charge is -2.25. The molecule has 1 aliphatic rings. The maximum atomic E-state index is 10.9.